The van der Waals surface area contributed by atoms with Gasteiger partial charge in [0.15, 0.2) is 0 Å². The third-order valence-electron chi connectivity index (χ3n) is 2.12. The fourth-order valence-corrected chi connectivity index (χ4v) is 1.21. The summed E-state index contributed by atoms with van der Waals surface area (Å²) in [5.74, 6) is -0.430. The average Bonchev–Trinajstić information content (AvgIpc) is 2.30. The molecule has 0 saturated heterocycles. The van der Waals surface area contributed by atoms with Crippen LogP contribution < -0.4 is 5.32 Å². The molecule has 0 aromatic heterocycles. The van der Waals surface area contributed by atoms with E-state index in [4.69, 9.17) is 4.74 Å². The Morgan fingerprint density at radius 1 is 1.35 bits per heavy atom. The van der Waals surface area contributed by atoms with Gasteiger partial charge < -0.3 is 15.0 Å². The van der Waals surface area contributed by atoms with Crippen molar-refractivity contribution in [1.29, 1.82) is 0 Å². The molecule has 0 aliphatic heterocycles. The van der Waals surface area contributed by atoms with Crippen molar-refractivity contribution in [3.8, 4) is 0 Å². The highest BCUT2D eigenvalue weighted by Crippen LogP contribution is 1.93. The molecule has 5 heteroatoms. The summed E-state index contributed by atoms with van der Waals surface area (Å²) in [5.41, 5.74) is 0.359. The number of rotatable bonds is 7. The third kappa shape index (κ3) is 6.60. The summed E-state index contributed by atoms with van der Waals surface area (Å²) in [6, 6.07) is -0.124. The molecule has 0 fully saturated rings. The van der Waals surface area contributed by atoms with Gasteiger partial charge in [0.2, 0.25) is 0 Å². The number of carbonyl (C=O) groups excluding carboxylic acids is 2. The van der Waals surface area contributed by atoms with Crippen LogP contribution in [0.2, 0.25) is 0 Å². The standard InChI is InChI=1S/C12H22N2O3/c1-5-8-14(6-2)12(16)13-7-9-17-11(15)10(3)4/h3,5-9H2,1-2,4H3,(H,13,16). The quantitative estimate of drug-likeness (QED) is 0.418. The Morgan fingerprint density at radius 2 is 2.00 bits per heavy atom. The predicted octanol–water partition coefficient (Wildman–Crippen LogP) is 1.55. The molecule has 17 heavy (non-hydrogen) atoms. The zero-order chi connectivity index (χ0) is 13.3. The SMILES string of the molecule is C=C(C)C(=O)OCCNC(=O)N(CC)CCC. The molecular weight excluding hydrogens is 220 g/mol. The van der Waals surface area contributed by atoms with Crippen LogP contribution in [0.25, 0.3) is 0 Å². The van der Waals surface area contributed by atoms with Crippen molar-refractivity contribution in [1.82, 2.24) is 10.2 Å². The average molecular weight is 242 g/mol. The summed E-state index contributed by atoms with van der Waals surface area (Å²) in [5, 5.41) is 2.69. The van der Waals surface area contributed by atoms with Crippen molar-refractivity contribution in [2.75, 3.05) is 26.2 Å². The molecule has 0 rings (SSSR count). The van der Waals surface area contributed by atoms with Gasteiger partial charge >= 0.3 is 12.0 Å². The van der Waals surface area contributed by atoms with Crippen LogP contribution in [0, 0.1) is 0 Å². The monoisotopic (exact) mass is 242 g/mol. The molecule has 0 heterocycles. The fraction of sp³-hybridized carbons (Fsp3) is 0.667. The van der Waals surface area contributed by atoms with Gasteiger partial charge in [0.1, 0.15) is 6.61 Å². The maximum Gasteiger partial charge on any atom is 0.333 e. The van der Waals surface area contributed by atoms with Crippen molar-refractivity contribution < 1.29 is 14.3 Å². The molecule has 1 N–H and O–H groups in total. The number of nitrogens with one attached hydrogen (secondary N) is 1. The Balaban J connectivity index is 3.77. The molecule has 0 aromatic carbocycles. The maximum atomic E-state index is 11.6. The number of urea groups is 1. The first-order valence-electron chi connectivity index (χ1n) is 5.88. The smallest absolute Gasteiger partial charge is 0.333 e. The van der Waals surface area contributed by atoms with Gasteiger partial charge in [-0.05, 0) is 20.3 Å². The third-order valence-corrected chi connectivity index (χ3v) is 2.12. The van der Waals surface area contributed by atoms with Crippen molar-refractivity contribution >= 4 is 12.0 Å². The van der Waals surface area contributed by atoms with Crippen LogP contribution in [0.4, 0.5) is 4.79 Å². The minimum Gasteiger partial charge on any atom is -0.460 e. The van der Waals surface area contributed by atoms with Crippen LogP contribution in [0.3, 0.4) is 0 Å². The van der Waals surface area contributed by atoms with Crippen molar-refractivity contribution in [2.24, 2.45) is 0 Å². The predicted molar refractivity (Wildman–Crippen MR) is 66.7 cm³/mol. The molecule has 0 atom stereocenters. The van der Waals surface area contributed by atoms with Gasteiger partial charge in [0, 0.05) is 18.7 Å². The van der Waals surface area contributed by atoms with E-state index in [2.05, 4.69) is 11.9 Å². The Bertz CT molecular complexity index is 277. The molecule has 0 radical (unpaired) electrons. The summed E-state index contributed by atoms with van der Waals surface area (Å²) >= 11 is 0. The summed E-state index contributed by atoms with van der Waals surface area (Å²) in [6.45, 7) is 10.9. The zero-order valence-electron chi connectivity index (χ0n) is 10.9. The van der Waals surface area contributed by atoms with Gasteiger partial charge in [-0.15, -0.1) is 0 Å². The number of hydrogen-bond acceptors (Lipinski definition) is 3. The summed E-state index contributed by atoms with van der Waals surface area (Å²) in [6.07, 6.45) is 0.923. The minimum atomic E-state index is -0.430. The number of amides is 2. The maximum absolute atomic E-state index is 11.6. The first-order valence-corrected chi connectivity index (χ1v) is 5.88. The fourth-order valence-electron chi connectivity index (χ4n) is 1.21. The van der Waals surface area contributed by atoms with Crippen LogP contribution in [0.15, 0.2) is 12.2 Å². The van der Waals surface area contributed by atoms with E-state index >= 15 is 0 Å². The first kappa shape index (κ1) is 15.5. The van der Waals surface area contributed by atoms with Crippen LogP contribution >= 0.6 is 0 Å². The Labute approximate surface area is 103 Å². The lowest BCUT2D eigenvalue weighted by Gasteiger charge is -2.20. The highest BCUT2D eigenvalue weighted by Gasteiger charge is 2.09. The van der Waals surface area contributed by atoms with E-state index in [1.807, 2.05) is 13.8 Å². The topological polar surface area (TPSA) is 58.6 Å². The second-order valence-electron chi connectivity index (χ2n) is 3.73. The number of esters is 1. The van der Waals surface area contributed by atoms with Crippen LogP contribution in [0.1, 0.15) is 27.2 Å². The zero-order valence-corrected chi connectivity index (χ0v) is 10.9. The number of ether oxygens (including phenoxy) is 1. The number of hydrogen-bond donors (Lipinski definition) is 1. The highest BCUT2D eigenvalue weighted by atomic mass is 16.5. The molecule has 2 amide bonds. The normalized spacial score (nSPS) is 9.59. The van der Waals surface area contributed by atoms with Crippen molar-refractivity contribution in [3.63, 3.8) is 0 Å². The van der Waals surface area contributed by atoms with Crippen LogP contribution in [-0.4, -0.2) is 43.1 Å². The van der Waals surface area contributed by atoms with E-state index in [1.54, 1.807) is 11.8 Å². The van der Waals surface area contributed by atoms with E-state index in [0.717, 1.165) is 13.0 Å². The lowest BCUT2D eigenvalue weighted by molar-refractivity contribution is -0.138. The Kier molecular flexibility index (Phi) is 7.84. The minimum absolute atomic E-state index is 0.124. The molecule has 5 nitrogen and oxygen atoms in total. The lowest BCUT2D eigenvalue weighted by atomic mass is 10.4. The molecule has 0 aromatic rings. The van der Waals surface area contributed by atoms with Crippen molar-refractivity contribution in [2.45, 2.75) is 27.2 Å². The molecule has 98 valence electrons. The summed E-state index contributed by atoms with van der Waals surface area (Å²) in [4.78, 5) is 24.3. The van der Waals surface area contributed by atoms with E-state index in [-0.39, 0.29) is 12.6 Å². The summed E-state index contributed by atoms with van der Waals surface area (Å²) < 4.78 is 4.86. The van der Waals surface area contributed by atoms with Crippen LogP contribution in [0.5, 0.6) is 0 Å². The van der Waals surface area contributed by atoms with E-state index < -0.39 is 5.97 Å². The van der Waals surface area contributed by atoms with E-state index in [1.165, 1.54) is 0 Å². The number of carbonyl (C=O) groups is 2. The van der Waals surface area contributed by atoms with E-state index in [0.29, 0.717) is 18.7 Å². The molecule has 0 spiro atoms. The first-order chi connectivity index (χ1) is 8.02. The van der Waals surface area contributed by atoms with Crippen LogP contribution in [-0.2, 0) is 9.53 Å². The van der Waals surface area contributed by atoms with Gasteiger partial charge in [0.25, 0.3) is 0 Å². The molecule has 0 bridgehead atoms. The molecule has 0 saturated carbocycles. The summed E-state index contributed by atoms with van der Waals surface area (Å²) in [7, 11) is 0. The van der Waals surface area contributed by atoms with Gasteiger partial charge in [0.05, 0.1) is 6.54 Å². The second kappa shape index (κ2) is 8.61. The van der Waals surface area contributed by atoms with E-state index in [9.17, 15) is 9.59 Å². The van der Waals surface area contributed by atoms with Crippen molar-refractivity contribution in [3.05, 3.63) is 12.2 Å². The highest BCUT2D eigenvalue weighted by molar-refractivity contribution is 5.86. The number of nitrogens with zero attached hydrogens (tertiary/aromatic N) is 1. The lowest BCUT2D eigenvalue weighted by Crippen LogP contribution is -2.41. The molecular formula is C12H22N2O3. The van der Waals surface area contributed by atoms with Gasteiger partial charge in [-0.2, -0.15) is 0 Å². The molecule has 0 aliphatic carbocycles. The second-order valence-corrected chi connectivity index (χ2v) is 3.73. The van der Waals surface area contributed by atoms with Gasteiger partial charge in [-0.25, -0.2) is 9.59 Å². The largest absolute Gasteiger partial charge is 0.460 e. The van der Waals surface area contributed by atoms with Gasteiger partial charge in [-0.1, -0.05) is 13.5 Å². The molecule has 0 aliphatic rings. The molecule has 0 unspecified atom stereocenters. The van der Waals surface area contributed by atoms with Gasteiger partial charge in [-0.3, -0.25) is 0 Å². The Hall–Kier alpha value is -1.52. The Morgan fingerprint density at radius 3 is 2.47 bits per heavy atom.